The van der Waals surface area contributed by atoms with E-state index in [4.69, 9.17) is 38.4 Å². The van der Waals surface area contributed by atoms with E-state index >= 15 is 0 Å². The van der Waals surface area contributed by atoms with Crippen LogP contribution >= 0.6 is 22.9 Å². The van der Waals surface area contributed by atoms with Crippen molar-refractivity contribution < 1.29 is 27.8 Å². The molecule has 0 saturated carbocycles. The molecule has 2 aromatic heterocycles. The molecule has 1 aliphatic rings. The summed E-state index contributed by atoms with van der Waals surface area (Å²) >= 11 is 7.24. The van der Waals surface area contributed by atoms with E-state index in [0.717, 1.165) is 27.9 Å². The minimum atomic E-state index is -4.71. The molecule has 7 N–H and O–H groups in total. The summed E-state index contributed by atoms with van der Waals surface area (Å²) in [7, 11) is 0. The average molecular weight is 575 g/mol. The van der Waals surface area contributed by atoms with Crippen molar-refractivity contribution in [2.45, 2.75) is 44.4 Å². The second-order valence-electron chi connectivity index (χ2n) is 8.64. The molecule has 0 spiro atoms. The first-order valence-corrected chi connectivity index (χ1v) is 12.5. The van der Waals surface area contributed by atoms with Crippen LogP contribution in [0.15, 0.2) is 29.8 Å². The van der Waals surface area contributed by atoms with Crippen LogP contribution in [0.1, 0.15) is 35.9 Å². The van der Waals surface area contributed by atoms with Crippen LogP contribution in [0.2, 0.25) is 5.02 Å². The quantitative estimate of drug-likeness (QED) is 0.220. The highest BCUT2D eigenvalue weighted by Crippen LogP contribution is 2.37. The Morgan fingerprint density at radius 1 is 1.42 bits per heavy atom. The Hall–Kier alpha value is -2.95. The normalized spacial score (nSPS) is 19.7. The summed E-state index contributed by atoms with van der Waals surface area (Å²) in [6.07, 6.45) is -6.75. The maximum atomic E-state index is 13.9. The van der Waals surface area contributed by atoms with E-state index in [2.05, 4.69) is 15.1 Å². The van der Waals surface area contributed by atoms with Crippen molar-refractivity contribution in [3.63, 3.8) is 0 Å². The zero-order chi connectivity index (χ0) is 27.8. The second kappa shape index (κ2) is 11.0. The molecule has 11 nitrogen and oxygen atoms in total. The van der Waals surface area contributed by atoms with Gasteiger partial charge in [-0.3, -0.25) is 0 Å². The van der Waals surface area contributed by atoms with Gasteiger partial charge in [0.05, 0.1) is 36.2 Å². The molecule has 4 atom stereocenters. The number of ether oxygens (including phenoxy) is 2. The van der Waals surface area contributed by atoms with Crippen LogP contribution in [0.5, 0.6) is 0 Å². The minimum absolute atomic E-state index is 0.0579. The summed E-state index contributed by atoms with van der Waals surface area (Å²) in [6.45, 7) is 3.27. The third kappa shape index (κ3) is 6.19. The smallest absolute Gasteiger partial charge is 0.396 e. The van der Waals surface area contributed by atoms with E-state index in [1.54, 1.807) is 12.3 Å². The number of thiazole rings is 1. The van der Waals surface area contributed by atoms with Crippen LogP contribution in [0.25, 0.3) is 11.4 Å². The molecular weight excluding hydrogens is 549 g/mol. The average Bonchev–Trinajstić information content (AvgIpc) is 3.42. The molecule has 0 aliphatic carbocycles. The lowest BCUT2D eigenvalue weighted by Gasteiger charge is -2.38. The molecule has 0 radical (unpaired) electrons. The van der Waals surface area contributed by atoms with Crippen molar-refractivity contribution in [2.24, 2.45) is 11.6 Å². The van der Waals surface area contributed by atoms with Gasteiger partial charge in [0.2, 0.25) is 0 Å². The third-order valence-corrected chi connectivity index (χ3v) is 6.63. The molecule has 16 heteroatoms. The number of hydrogen-bond donors (Lipinski definition) is 4. The summed E-state index contributed by atoms with van der Waals surface area (Å²) in [6, 6.07) is 3.11. The number of aromatic nitrogens is 4. The van der Waals surface area contributed by atoms with Crippen LogP contribution in [0, 0.1) is 6.92 Å². The van der Waals surface area contributed by atoms with Crippen LogP contribution in [-0.2, 0) is 15.7 Å². The standard InChI is InChI=1S/C22H26ClF3N8O3S/c1-10-18(8-36-10)37-19(17(35)7-33(29)6-14(27)15-9-38-21(28)31-15)20-30-11(2)32-34(20)16-5-12(23)3-4-13(16)22(24,25)26/h3-6,9-10,17-19,35H,7-8,27,29H2,1-2H3,(H2,28,31)/b14-6-/t10?,17-,18?,19?/m0/s1. The molecule has 4 rings (SSSR count). The predicted octanol–water partition coefficient (Wildman–Crippen LogP) is 2.63. The SMILES string of the molecule is Cc1nc(C(OC2COC2C)[C@@H](O)CN(N)/C=C(\N)c2csc(N)n2)n(-c2cc(Cl)ccc2C(F)(F)F)n1. The lowest BCUT2D eigenvalue weighted by molar-refractivity contribution is -0.217. The number of halogens is 4. The maximum Gasteiger partial charge on any atom is 0.418 e. The van der Waals surface area contributed by atoms with Gasteiger partial charge in [-0.1, -0.05) is 11.6 Å². The van der Waals surface area contributed by atoms with Gasteiger partial charge in [-0.2, -0.15) is 18.3 Å². The molecule has 3 heterocycles. The van der Waals surface area contributed by atoms with Crippen molar-refractivity contribution in [1.29, 1.82) is 0 Å². The molecular formula is C22H26ClF3N8O3S. The first kappa shape index (κ1) is 28.1. The number of hydrogen-bond acceptors (Lipinski definition) is 11. The highest BCUT2D eigenvalue weighted by molar-refractivity contribution is 7.13. The van der Waals surface area contributed by atoms with Gasteiger partial charge >= 0.3 is 6.18 Å². The Balaban J connectivity index is 1.69. The van der Waals surface area contributed by atoms with Gasteiger partial charge in [-0.05, 0) is 32.0 Å². The Bertz CT molecular complexity index is 1320. The number of alkyl halides is 3. The number of nitrogens with zero attached hydrogens (tertiary/aromatic N) is 5. The number of anilines is 1. The summed E-state index contributed by atoms with van der Waals surface area (Å²) in [4.78, 5) is 8.38. The van der Waals surface area contributed by atoms with Crippen LogP contribution in [0.3, 0.4) is 0 Å². The van der Waals surface area contributed by atoms with E-state index in [0.29, 0.717) is 10.8 Å². The molecule has 3 unspecified atom stereocenters. The van der Waals surface area contributed by atoms with Crippen molar-refractivity contribution in [3.05, 3.63) is 57.7 Å². The second-order valence-corrected chi connectivity index (χ2v) is 9.97. The van der Waals surface area contributed by atoms with Crippen molar-refractivity contribution in [2.75, 3.05) is 18.9 Å². The van der Waals surface area contributed by atoms with Gasteiger partial charge in [-0.15, -0.1) is 11.3 Å². The Morgan fingerprint density at radius 3 is 2.74 bits per heavy atom. The number of aliphatic hydroxyl groups excluding tert-OH is 1. The van der Waals surface area contributed by atoms with Crippen molar-refractivity contribution in [1.82, 2.24) is 24.8 Å². The predicted molar refractivity (Wildman–Crippen MR) is 135 cm³/mol. The number of rotatable bonds is 9. The molecule has 1 saturated heterocycles. The molecule has 1 aliphatic heterocycles. The molecule has 1 aromatic carbocycles. The number of benzene rings is 1. The Kier molecular flexibility index (Phi) is 8.15. The van der Waals surface area contributed by atoms with E-state index in [9.17, 15) is 18.3 Å². The van der Waals surface area contributed by atoms with Gasteiger partial charge in [0, 0.05) is 16.6 Å². The maximum absolute atomic E-state index is 13.9. The van der Waals surface area contributed by atoms with Crippen LogP contribution in [0.4, 0.5) is 18.3 Å². The molecule has 38 heavy (non-hydrogen) atoms. The van der Waals surface area contributed by atoms with E-state index in [1.165, 1.54) is 24.5 Å². The monoisotopic (exact) mass is 574 g/mol. The number of aryl methyl sites for hydroxylation is 1. The largest absolute Gasteiger partial charge is 0.418 e. The van der Waals surface area contributed by atoms with Crippen molar-refractivity contribution >= 4 is 33.8 Å². The van der Waals surface area contributed by atoms with Gasteiger partial charge in [0.15, 0.2) is 11.0 Å². The fourth-order valence-electron chi connectivity index (χ4n) is 3.77. The summed E-state index contributed by atoms with van der Waals surface area (Å²) < 4.78 is 54.0. The first-order valence-electron chi connectivity index (χ1n) is 11.3. The van der Waals surface area contributed by atoms with Gasteiger partial charge < -0.3 is 31.1 Å². The highest BCUT2D eigenvalue weighted by Gasteiger charge is 2.39. The summed E-state index contributed by atoms with van der Waals surface area (Å²) in [5.74, 6) is 6.15. The molecule has 0 amide bonds. The third-order valence-electron chi connectivity index (χ3n) is 5.72. The van der Waals surface area contributed by atoms with Crippen LogP contribution in [-0.4, -0.2) is 61.3 Å². The lowest BCUT2D eigenvalue weighted by atomic mass is 10.1. The zero-order valence-electron chi connectivity index (χ0n) is 20.3. The lowest BCUT2D eigenvalue weighted by Crippen LogP contribution is -2.48. The Labute approximate surface area is 224 Å². The van der Waals surface area contributed by atoms with Gasteiger partial charge in [0.25, 0.3) is 0 Å². The van der Waals surface area contributed by atoms with Gasteiger partial charge in [0.1, 0.15) is 29.8 Å². The molecule has 1 fully saturated rings. The number of nitrogens with two attached hydrogens (primary N) is 3. The van der Waals surface area contributed by atoms with E-state index in [-0.39, 0.29) is 47.3 Å². The summed E-state index contributed by atoms with van der Waals surface area (Å²) in [5, 5.41) is 18.5. The number of nitrogen functional groups attached to an aromatic ring is 1. The minimum Gasteiger partial charge on any atom is -0.396 e. The fraction of sp³-hybridized carbons (Fsp3) is 0.409. The fourth-order valence-corrected chi connectivity index (χ4v) is 4.51. The van der Waals surface area contributed by atoms with Crippen molar-refractivity contribution in [3.8, 4) is 5.69 Å². The zero-order valence-corrected chi connectivity index (χ0v) is 21.8. The Morgan fingerprint density at radius 2 is 2.16 bits per heavy atom. The highest BCUT2D eigenvalue weighted by atomic mass is 35.5. The topological polar surface area (TPSA) is 164 Å². The molecule has 0 bridgehead atoms. The van der Waals surface area contributed by atoms with Crippen LogP contribution < -0.4 is 17.3 Å². The van der Waals surface area contributed by atoms with Gasteiger partial charge in [-0.25, -0.2) is 20.5 Å². The summed E-state index contributed by atoms with van der Waals surface area (Å²) in [5.41, 5.74) is 10.9. The van der Waals surface area contributed by atoms with E-state index in [1.807, 2.05) is 0 Å². The number of hydrazine groups is 1. The molecule has 3 aromatic rings. The first-order chi connectivity index (χ1) is 17.8. The molecule has 206 valence electrons. The van der Waals surface area contributed by atoms with E-state index < -0.39 is 30.1 Å². The number of aliphatic hydroxyl groups is 1.